The molecule has 152 valence electrons. The lowest BCUT2D eigenvalue weighted by atomic mass is 10.0. The fourth-order valence-electron chi connectivity index (χ4n) is 4.45. The average molecular weight is 379 g/mol. The van der Waals surface area contributed by atoms with Gasteiger partial charge < -0.3 is 15.1 Å². The molecule has 27 heavy (non-hydrogen) atoms. The molecule has 2 aliphatic heterocycles. The van der Waals surface area contributed by atoms with Crippen LogP contribution in [0.5, 0.6) is 0 Å². The van der Waals surface area contributed by atoms with E-state index in [9.17, 15) is 14.4 Å². The summed E-state index contributed by atoms with van der Waals surface area (Å²) in [5, 5.41) is 2.74. The first-order valence-corrected chi connectivity index (χ1v) is 10.7. The summed E-state index contributed by atoms with van der Waals surface area (Å²) in [5.41, 5.74) is 0. The van der Waals surface area contributed by atoms with Gasteiger partial charge in [0.1, 0.15) is 0 Å². The molecule has 0 aromatic rings. The lowest BCUT2D eigenvalue weighted by molar-refractivity contribution is -0.134. The van der Waals surface area contributed by atoms with Crippen molar-refractivity contribution in [1.29, 1.82) is 0 Å². The monoisotopic (exact) mass is 378 g/mol. The van der Waals surface area contributed by atoms with E-state index in [4.69, 9.17) is 0 Å². The Hall–Kier alpha value is -1.63. The largest absolute Gasteiger partial charge is 0.346 e. The van der Waals surface area contributed by atoms with E-state index in [2.05, 4.69) is 10.2 Å². The van der Waals surface area contributed by atoms with Crippen LogP contribution in [0.2, 0.25) is 0 Å². The van der Waals surface area contributed by atoms with Gasteiger partial charge in [-0.3, -0.25) is 19.3 Å². The summed E-state index contributed by atoms with van der Waals surface area (Å²) in [6.07, 6.45) is 9.04. The molecule has 0 bridgehead atoms. The Balaban J connectivity index is 1.28. The Bertz CT molecular complexity index is 519. The fraction of sp³-hybridized carbons (Fsp3) is 0.850. The van der Waals surface area contributed by atoms with Crippen LogP contribution < -0.4 is 5.32 Å². The van der Waals surface area contributed by atoms with Crippen molar-refractivity contribution in [2.24, 2.45) is 5.92 Å². The summed E-state index contributed by atoms with van der Waals surface area (Å²) in [6.45, 7) is 4.87. The number of carbonyl (C=O) groups excluding carboxylic acids is 3. The van der Waals surface area contributed by atoms with Crippen molar-refractivity contribution in [3.05, 3.63) is 0 Å². The molecule has 3 aliphatic rings. The zero-order valence-electron chi connectivity index (χ0n) is 16.5. The van der Waals surface area contributed by atoms with Crippen LogP contribution >= 0.6 is 0 Å². The van der Waals surface area contributed by atoms with Crippen molar-refractivity contribution in [1.82, 2.24) is 20.0 Å². The maximum Gasteiger partial charge on any atom is 0.241 e. The maximum absolute atomic E-state index is 12.4. The summed E-state index contributed by atoms with van der Waals surface area (Å²) >= 11 is 0. The normalized spacial score (nSPS) is 21.6. The molecule has 1 saturated carbocycles. The first-order chi connectivity index (χ1) is 13.1. The molecule has 7 heteroatoms. The van der Waals surface area contributed by atoms with E-state index in [1.165, 1.54) is 25.7 Å². The second-order valence-electron chi connectivity index (χ2n) is 8.21. The number of hydrogen-bond donors (Lipinski definition) is 1. The van der Waals surface area contributed by atoms with Crippen LogP contribution in [0.25, 0.3) is 0 Å². The standard InChI is InChI=1S/C20H34N4O3/c25-18(21-15-20(27)23-9-3-4-10-23)16-22-11-13-24(14-12-22)19(26)8-7-17-5-1-2-6-17/h17H,1-16H2,(H,21,25). The van der Waals surface area contributed by atoms with E-state index in [0.29, 0.717) is 26.1 Å². The van der Waals surface area contributed by atoms with Gasteiger partial charge in [-0.1, -0.05) is 25.7 Å². The van der Waals surface area contributed by atoms with Gasteiger partial charge in [0.25, 0.3) is 0 Å². The number of carbonyl (C=O) groups is 3. The molecule has 1 aliphatic carbocycles. The molecule has 0 radical (unpaired) electrons. The van der Waals surface area contributed by atoms with Gasteiger partial charge in [0.15, 0.2) is 0 Å². The highest BCUT2D eigenvalue weighted by molar-refractivity contribution is 5.85. The highest BCUT2D eigenvalue weighted by atomic mass is 16.2. The van der Waals surface area contributed by atoms with Gasteiger partial charge in [-0.15, -0.1) is 0 Å². The second-order valence-corrected chi connectivity index (χ2v) is 8.21. The Morgan fingerprint density at radius 3 is 2.07 bits per heavy atom. The van der Waals surface area contributed by atoms with E-state index in [-0.39, 0.29) is 24.3 Å². The number of likely N-dealkylation sites (tertiary alicyclic amines) is 1. The number of nitrogens with zero attached hydrogens (tertiary/aromatic N) is 3. The first kappa shape index (κ1) is 20.1. The third kappa shape index (κ3) is 6.19. The van der Waals surface area contributed by atoms with Gasteiger partial charge in [0, 0.05) is 45.7 Å². The lowest BCUT2D eigenvalue weighted by Gasteiger charge is -2.34. The predicted octanol–water partition coefficient (Wildman–Crippen LogP) is 0.840. The Kier molecular flexibility index (Phi) is 7.50. The van der Waals surface area contributed by atoms with Gasteiger partial charge in [0.2, 0.25) is 17.7 Å². The van der Waals surface area contributed by atoms with E-state index in [1.54, 1.807) is 0 Å². The zero-order chi connectivity index (χ0) is 19.1. The van der Waals surface area contributed by atoms with Gasteiger partial charge in [0.05, 0.1) is 13.1 Å². The van der Waals surface area contributed by atoms with Crippen LogP contribution in [0.15, 0.2) is 0 Å². The van der Waals surface area contributed by atoms with Crippen molar-refractivity contribution in [2.45, 2.75) is 51.4 Å². The molecule has 0 aromatic carbocycles. The van der Waals surface area contributed by atoms with Crippen LogP contribution in [0, 0.1) is 5.92 Å². The third-order valence-corrected chi connectivity index (χ3v) is 6.23. The van der Waals surface area contributed by atoms with Gasteiger partial charge in [-0.25, -0.2) is 0 Å². The molecule has 7 nitrogen and oxygen atoms in total. The van der Waals surface area contributed by atoms with E-state index in [0.717, 1.165) is 51.4 Å². The minimum atomic E-state index is -0.108. The van der Waals surface area contributed by atoms with Crippen molar-refractivity contribution >= 4 is 17.7 Å². The summed E-state index contributed by atoms with van der Waals surface area (Å²) in [6, 6.07) is 0. The number of nitrogens with one attached hydrogen (secondary N) is 1. The number of rotatable bonds is 7. The molecule has 3 rings (SSSR count). The molecular formula is C20H34N4O3. The summed E-state index contributed by atoms with van der Waals surface area (Å²) in [7, 11) is 0. The number of hydrogen-bond acceptors (Lipinski definition) is 4. The van der Waals surface area contributed by atoms with Crippen molar-refractivity contribution in [3.8, 4) is 0 Å². The van der Waals surface area contributed by atoms with Gasteiger partial charge in [-0.05, 0) is 25.2 Å². The minimum Gasteiger partial charge on any atom is -0.346 e. The Morgan fingerprint density at radius 2 is 1.41 bits per heavy atom. The number of amides is 3. The fourth-order valence-corrected chi connectivity index (χ4v) is 4.45. The van der Waals surface area contributed by atoms with Crippen molar-refractivity contribution < 1.29 is 14.4 Å². The minimum absolute atomic E-state index is 0.0125. The highest BCUT2D eigenvalue weighted by Crippen LogP contribution is 2.28. The first-order valence-electron chi connectivity index (χ1n) is 10.7. The van der Waals surface area contributed by atoms with Crippen LogP contribution in [0.3, 0.4) is 0 Å². The molecular weight excluding hydrogens is 344 g/mol. The van der Waals surface area contributed by atoms with Crippen LogP contribution in [-0.2, 0) is 14.4 Å². The van der Waals surface area contributed by atoms with E-state index < -0.39 is 0 Å². The van der Waals surface area contributed by atoms with Gasteiger partial charge in [-0.2, -0.15) is 0 Å². The predicted molar refractivity (Wildman–Crippen MR) is 103 cm³/mol. The van der Waals surface area contributed by atoms with Crippen LogP contribution in [0.4, 0.5) is 0 Å². The molecule has 3 amide bonds. The molecule has 2 heterocycles. The molecule has 0 atom stereocenters. The molecule has 2 saturated heterocycles. The smallest absolute Gasteiger partial charge is 0.241 e. The Morgan fingerprint density at radius 1 is 0.778 bits per heavy atom. The molecule has 0 aromatic heterocycles. The average Bonchev–Trinajstić information content (AvgIpc) is 3.38. The van der Waals surface area contributed by atoms with Crippen molar-refractivity contribution in [3.63, 3.8) is 0 Å². The summed E-state index contributed by atoms with van der Waals surface area (Å²) < 4.78 is 0. The number of piperazine rings is 1. The highest BCUT2D eigenvalue weighted by Gasteiger charge is 2.24. The van der Waals surface area contributed by atoms with Gasteiger partial charge >= 0.3 is 0 Å². The zero-order valence-corrected chi connectivity index (χ0v) is 16.5. The van der Waals surface area contributed by atoms with E-state index >= 15 is 0 Å². The Labute approximate surface area is 162 Å². The van der Waals surface area contributed by atoms with E-state index in [1.807, 2.05) is 9.80 Å². The van der Waals surface area contributed by atoms with Crippen LogP contribution in [0.1, 0.15) is 51.4 Å². The SMILES string of the molecule is O=C(CN1CCN(C(=O)CCC2CCCC2)CC1)NCC(=O)N1CCCC1. The van der Waals surface area contributed by atoms with Crippen LogP contribution in [-0.4, -0.2) is 84.8 Å². The topological polar surface area (TPSA) is 73.0 Å². The molecule has 0 spiro atoms. The lowest BCUT2D eigenvalue weighted by Crippen LogP contribution is -2.51. The maximum atomic E-state index is 12.4. The molecule has 0 unspecified atom stereocenters. The second kappa shape index (κ2) is 10.1. The summed E-state index contributed by atoms with van der Waals surface area (Å²) in [4.78, 5) is 42.3. The van der Waals surface area contributed by atoms with Crippen molar-refractivity contribution in [2.75, 3.05) is 52.4 Å². The molecule has 3 fully saturated rings. The molecule has 1 N–H and O–H groups in total. The quantitative estimate of drug-likeness (QED) is 0.713. The third-order valence-electron chi connectivity index (χ3n) is 6.23. The summed E-state index contributed by atoms with van der Waals surface area (Å²) in [5.74, 6) is 0.923.